The number of aromatic nitrogens is 2. The molecule has 2 aromatic carbocycles. The summed E-state index contributed by atoms with van der Waals surface area (Å²) >= 11 is 14.2. The fraction of sp³-hybridized carbons (Fsp3) is 0.385. The first-order valence-corrected chi connectivity index (χ1v) is 18.0. The lowest BCUT2D eigenvalue weighted by Crippen LogP contribution is -2.51. The van der Waals surface area contributed by atoms with Crippen molar-refractivity contribution < 1.29 is 29.3 Å². The van der Waals surface area contributed by atoms with Gasteiger partial charge in [-0.3, -0.25) is 9.78 Å². The monoisotopic (exact) mass is 747 g/mol. The van der Waals surface area contributed by atoms with Crippen LogP contribution in [-0.2, 0) is 17.9 Å². The largest absolute Gasteiger partial charge is 0.496 e. The minimum Gasteiger partial charge on any atom is -0.496 e. The molecular formula is C39H43Cl2N5O6. The molecule has 274 valence electrons. The van der Waals surface area contributed by atoms with Gasteiger partial charge < -0.3 is 34.8 Å². The van der Waals surface area contributed by atoms with Crippen molar-refractivity contribution in [2.45, 2.75) is 70.3 Å². The highest BCUT2D eigenvalue weighted by atomic mass is 35.5. The van der Waals surface area contributed by atoms with E-state index in [1.807, 2.05) is 55.5 Å². The van der Waals surface area contributed by atoms with Gasteiger partial charge >= 0.3 is 6.09 Å². The van der Waals surface area contributed by atoms with Crippen LogP contribution in [0.3, 0.4) is 0 Å². The van der Waals surface area contributed by atoms with E-state index in [9.17, 15) is 19.8 Å². The van der Waals surface area contributed by atoms with E-state index < -0.39 is 11.7 Å². The number of nitrogens with one attached hydrogen (secondary N) is 1. The maximum Gasteiger partial charge on any atom is 0.407 e. The highest BCUT2D eigenvalue weighted by molar-refractivity contribution is 6.39. The summed E-state index contributed by atoms with van der Waals surface area (Å²) in [5.41, 5.74) is 4.95. The molecule has 1 aliphatic carbocycles. The van der Waals surface area contributed by atoms with E-state index in [1.165, 1.54) is 18.9 Å². The number of nitrogens with zero attached hydrogens (tertiary/aromatic N) is 4. The van der Waals surface area contributed by atoms with Gasteiger partial charge in [-0.25, -0.2) is 9.78 Å². The molecule has 0 radical (unpaired) electrons. The quantitative estimate of drug-likeness (QED) is 0.144. The van der Waals surface area contributed by atoms with Crippen LogP contribution in [0.5, 0.6) is 11.6 Å². The average Bonchev–Trinajstić information content (AvgIpc) is 3.12. The van der Waals surface area contributed by atoms with Gasteiger partial charge in [0.25, 0.3) is 0 Å². The summed E-state index contributed by atoms with van der Waals surface area (Å²) in [6, 6.07) is 17.0. The molecule has 1 saturated carbocycles. The molecule has 2 amide bonds. The van der Waals surface area contributed by atoms with E-state index in [0.717, 1.165) is 11.1 Å². The number of hydrogen-bond donors (Lipinski definition) is 3. The molecule has 52 heavy (non-hydrogen) atoms. The zero-order valence-electron chi connectivity index (χ0n) is 29.7. The van der Waals surface area contributed by atoms with Crippen molar-refractivity contribution in [3.8, 4) is 45.3 Å². The number of rotatable bonds is 11. The standard InChI is InChI=1S/C39H43Cl2N5O6/c1-23(47)45-16-13-28(14-17-45)46(38(48)49)22-26-10-11-32(44-37(26)52-4)31-7-5-6-29(34(31)40)30-12-15-42-36(35(30)41)24-8-9-25(33(18-24)51-3)21-43-27-19-39(2,50)20-27/h5-12,15,18,27-28,43,50H,13-14,16-17,19-22H2,1-4H3,(H,48,49). The Morgan fingerprint density at radius 3 is 2.33 bits per heavy atom. The van der Waals surface area contributed by atoms with Crippen LogP contribution in [-0.4, -0.2) is 87.0 Å². The number of halogens is 2. The van der Waals surface area contributed by atoms with Crippen LogP contribution in [0.15, 0.2) is 60.8 Å². The smallest absolute Gasteiger partial charge is 0.407 e. The molecule has 2 aromatic heterocycles. The van der Waals surface area contributed by atoms with E-state index >= 15 is 0 Å². The minimum absolute atomic E-state index is 0.00698. The maximum atomic E-state index is 12.3. The first-order chi connectivity index (χ1) is 24.9. The predicted molar refractivity (Wildman–Crippen MR) is 201 cm³/mol. The molecular weight excluding hydrogens is 705 g/mol. The van der Waals surface area contributed by atoms with Crippen LogP contribution in [0.2, 0.25) is 10.0 Å². The molecule has 2 aliphatic rings. The Morgan fingerprint density at radius 1 is 0.981 bits per heavy atom. The number of pyridine rings is 2. The second kappa shape index (κ2) is 15.7. The maximum absolute atomic E-state index is 12.3. The first-order valence-electron chi connectivity index (χ1n) is 17.2. The van der Waals surface area contributed by atoms with Crippen molar-refractivity contribution in [2.75, 3.05) is 27.3 Å². The summed E-state index contributed by atoms with van der Waals surface area (Å²) in [7, 11) is 3.13. The number of benzene rings is 2. The number of ether oxygens (including phenoxy) is 2. The summed E-state index contributed by atoms with van der Waals surface area (Å²) in [4.78, 5) is 36.6. The van der Waals surface area contributed by atoms with E-state index in [4.69, 9.17) is 37.7 Å². The molecule has 0 bridgehead atoms. The number of hydrogen-bond acceptors (Lipinski definition) is 8. The molecule has 11 nitrogen and oxygen atoms in total. The average molecular weight is 749 g/mol. The Morgan fingerprint density at radius 2 is 1.67 bits per heavy atom. The molecule has 1 saturated heterocycles. The molecule has 3 N–H and O–H groups in total. The number of carboxylic acid groups (broad SMARTS) is 1. The number of carbonyl (C=O) groups is 2. The Bertz CT molecular complexity index is 1960. The van der Waals surface area contributed by atoms with Crippen molar-refractivity contribution in [3.05, 3.63) is 82.0 Å². The molecule has 1 aliphatic heterocycles. The fourth-order valence-electron chi connectivity index (χ4n) is 7.17. The number of amides is 2. The van der Waals surface area contributed by atoms with Gasteiger partial charge in [-0.1, -0.05) is 53.5 Å². The van der Waals surface area contributed by atoms with Gasteiger partial charge in [0.1, 0.15) is 5.75 Å². The molecule has 0 spiro atoms. The highest BCUT2D eigenvalue weighted by Gasteiger charge is 2.38. The van der Waals surface area contributed by atoms with Gasteiger partial charge in [-0.05, 0) is 56.9 Å². The number of aliphatic hydroxyl groups is 1. The molecule has 3 heterocycles. The lowest BCUT2D eigenvalue weighted by atomic mass is 9.77. The predicted octanol–water partition coefficient (Wildman–Crippen LogP) is 7.30. The number of carbonyl (C=O) groups excluding carboxylic acids is 1. The van der Waals surface area contributed by atoms with Gasteiger partial charge in [0.15, 0.2) is 0 Å². The van der Waals surface area contributed by atoms with Crippen LogP contribution < -0.4 is 14.8 Å². The summed E-state index contributed by atoms with van der Waals surface area (Å²) in [5, 5.41) is 24.5. The molecule has 13 heteroatoms. The van der Waals surface area contributed by atoms with Crippen LogP contribution in [0.25, 0.3) is 33.6 Å². The van der Waals surface area contributed by atoms with Crippen LogP contribution in [0.4, 0.5) is 4.79 Å². The van der Waals surface area contributed by atoms with Gasteiger partial charge in [-0.15, -0.1) is 0 Å². The lowest BCUT2D eigenvalue weighted by molar-refractivity contribution is -0.130. The minimum atomic E-state index is -1.04. The summed E-state index contributed by atoms with van der Waals surface area (Å²) in [6.07, 6.45) is 3.21. The summed E-state index contributed by atoms with van der Waals surface area (Å²) in [5.74, 6) is 0.989. The Kier molecular flexibility index (Phi) is 11.3. The number of likely N-dealkylation sites (tertiary alicyclic amines) is 1. The van der Waals surface area contributed by atoms with Gasteiger partial charge in [0.2, 0.25) is 11.8 Å². The van der Waals surface area contributed by atoms with E-state index in [2.05, 4.69) is 10.3 Å². The highest BCUT2D eigenvalue weighted by Crippen LogP contribution is 2.42. The van der Waals surface area contributed by atoms with Crippen molar-refractivity contribution in [1.82, 2.24) is 25.1 Å². The zero-order valence-corrected chi connectivity index (χ0v) is 31.2. The van der Waals surface area contributed by atoms with Crippen molar-refractivity contribution in [3.63, 3.8) is 0 Å². The Labute approximate surface area is 313 Å². The molecule has 4 aromatic rings. The Hall–Kier alpha value is -4.42. The summed E-state index contributed by atoms with van der Waals surface area (Å²) in [6.45, 7) is 5.10. The zero-order chi connectivity index (χ0) is 37.2. The third-order valence-electron chi connectivity index (χ3n) is 10.0. The van der Waals surface area contributed by atoms with Crippen LogP contribution in [0.1, 0.15) is 50.7 Å². The van der Waals surface area contributed by atoms with E-state index in [1.54, 1.807) is 24.3 Å². The van der Waals surface area contributed by atoms with Crippen LogP contribution >= 0.6 is 23.2 Å². The van der Waals surface area contributed by atoms with Gasteiger partial charge in [-0.2, -0.15) is 0 Å². The first kappa shape index (κ1) is 37.3. The second-order valence-electron chi connectivity index (χ2n) is 13.7. The molecule has 2 fully saturated rings. The van der Waals surface area contributed by atoms with Crippen molar-refractivity contribution >= 4 is 35.2 Å². The van der Waals surface area contributed by atoms with Gasteiger partial charge in [0, 0.05) is 78.2 Å². The van der Waals surface area contributed by atoms with Crippen molar-refractivity contribution in [2.24, 2.45) is 0 Å². The normalized spacial score (nSPS) is 18.8. The van der Waals surface area contributed by atoms with E-state index in [-0.39, 0.29) is 24.5 Å². The lowest BCUT2D eigenvalue weighted by Gasteiger charge is -2.41. The van der Waals surface area contributed by atoms with E-state index in [0.29, 0.717) is 101 Å². The topological polar surface area (TPSA) is 137 Å². The second-order valence-corrected chi connectivity index (χ2v) is 14.5. The third-order valence-corrected chi connectivity index (χ3v) is 10.8. The van der Waals surface area contributed by atoms with Gasteiger partial charge in [0.05, 0.1) is 47.8 Å². The molecule has 0 atom stereocenters. The van der Waals surface area contributed by atoms with Crippen LogP contribution in [0, 0.1) is 0 Å². The fourth-order valence-corrected chi connectivity index (χ4v) is 7.82. The number of methoxy groups -OCH3 is 2. The molecule has 0 unspecified atom stereocenters. The summed E-state index contributed by atoms with van der Waals surface area (Å²) < 4.78 is 11.4. The molecule has 6 rings (SSSR count). The Balaban J connectivity index is 1.24. The third kappa shape index (κ3) is 7.97. The number of piperidine rings is 1. The SMILES string of the molecule is COc1cc(-c2nccc(-c3cccc(-c4ccc(CN(C(=O)O)C5CCN(C(C)=O)CC5)c(OC)n4)c3Cl)c2Cl)ccc1CNC1CC(C)(O)C1. The van der Waals surface area contributed by atoms with Crippen molar-refractivity contribution in [1.29, 1.82) is 0 Å².